The molecular weight excluding hydrogens is 198 g/mol. The van der Waals surface area contributed by atoms with E-state index in [0.29, 0.717) is 0 Å². The molecule has 3 nitrogen and oxygen atoms in total. The second-order valence-electron chi connectivity index (χ2n) is 4.32. The van der Waals surface area contributed by atoms with E-state index in [1.165, 1.54) is 31.5 Å². The maximum Gasteiger partial charge on any atom is 0.0990 e. The predicted molar refractivity (Wildman–Crippen MR) is 70.8 cm³/mol. The molecule has 1 heterocycles. The summed E-state index contributed by atoms with van der Waals surface area (Å²) in [6, 6.07) is 0. The predicted octanol–water partition coefficient (Wildman–Crippen LogP) is 2.19. The van der Waals surface area contributed by atoms with Gasteiger partial charge in [-0.15, -0.1) is 6.58 Å². The minimum absolute atomic E-state index is 0.734. The van der Waals surface area contributed by atoms with Gasteiger partial charge in [0, 0.05) is 26.1 Å². The van der Waals surface area contributed by atoms with Crippen LogP contribution in [0, 0.1) is 0 Å². The Hall–Kier alpha value is -0.830. The quantitative estimate of drug-likeness (QED) is 0.481. The lowest BCUT2D eigenvalue weighted by molar-refractivity contribution is 0.456. The van der Waals surface area contributed by atoms with Gasteiger partial charge in [0.25, 0.3) is 0 Å². The van der Waals surface area contributed by atoms with E-state index in [0.717, 1.165) is 39.0 Å². The Morgan fingerprint density at radius 2 is 2.12 bits per heavy atom. The van der Waals surface area contributed by atoms with Crippen molar-refractivity contribution >= 4 is 5.84 Å². The number of nitrogens with zero attached hydrogens (tertiary/aromatic N) is 2. The molecule has 2 N–H and O–H groups in total. The minimum Gasteiger partial charge on any atom is -0.357 e. The van der Waals surface area contributed by atoms with E-state index in [4.69, 9.17) is 5.73 Å². The van der Waals surface area contributed by atoms with Crippen LogP contribution in [-0.2, 0) is 0 Å². The lowest BCUT2D eigenvalue weighted by atomic mass is 10.1. The molecule has 0 atom stereocenters. The van der Waals surface area contributed by atoms with Crippen LogP contribution >= 0.6 is 0 Å². The number of amidine groups is 1. The molecule has 0 saturated heterocycles. The van der Waals surface area contributed by atoms with Gasteiger partial charge in [-0.05, 0) is 19.3 Å². The average Bonchev–Trinajstić information content (AvgIpc) is 2.72. The number of aliphatic imine (C=N–C) groups is 1. The van der Waals surface area contributed by atoms with Crippen LogP contribution in [0.1, 0.15) is 38.5 Å². The van der Waals surface area contributed by atoms with Crippen molar-refractivity contribution in [3.05, 3.63) is 12.7 Å². The molecular formula is C13H25N3. The first-order chi connectivity index (χ1) is 7.88. The van der Waals surface area contributed by atoms with Crippen molar-refractivity contribution in [3.63, 3.8) is 0 Å². The van der Waals surface area contributed by atoms with E-state index < -0.39 is 0 Å². The van der Waals surface area contributed by atoms with Gasteiger partial charge in [-0.1, -0.05) is 18.9 Å². The molecule has 0 radical (unpaired) electrons. The highest BCUT2D eigenvalue weighted by Gasteiger charge is 2.14. The maximum absolute atomic E-state index is 5.57. The number of hydrogen-bond donors (Lipinski definition) is 1. The number of hydrogen-bond acceptors (Lipinski definition) is 3. The molecule has 0 aromatic rings. The number of allylic oxidation sites excluding steroid dienone is 1. The molecule has 0 amide bonds. The summed E-state index contributed by atoms with van der Waals surface area (Å²) >= 11 is 0. The lowest BCUT2D eigenvalue weighted by Gasteiger charge is -2.19. The topological polar surface area (TPSA) is 41.6 Å². The molecule has 1 rings (SSSR count). The number of nitrogens with two attached hydrogens (primary N) is 1. The molecule has 0 aromatic heterocycles. The van der Waals surface area contributed by atoms with Crippen molar-refractivity contribution in [2.45, 2.75) is 38.5 Å². The van der Waals surface area contributed by atoms with Crippen LogP contribution in [0.15, 0.2) is 17.6 Å². The SMILES string of the molecule is C=CCCCCCCC1=NCCN1CCN. The van der Waals surface area contributed by atoms with Gasteiger partial charge in [-0.3, -0.25) is 4.99 Å². The molecule has 1 aliphatic heterocycles. The zero-order valence-electron chi connectivity index (χ0n) is 10.3. The molecule has 0 aromatic carbocycles. The Balaban J connectivity index is 2.05. The van der Waals surface area contributed by atoms with Gasteiger partial charge < -0.3 is 10.6 Å². The van der Waals surface area contributed by atoms with E-state index >= 15 is 0 Å². The largest absolute Gasteiger partial charge is 0.357 e. The van der Waals surface area contributed by atoms with E-state index in [1.807, 2.05) is 6.08 Å². The maximum atomic E-state index is 5.57. The zero-order chi connectivity index (χ0) is 11.6. The Morgan fingerprint density at radius 3 is 2.88 bits per heavy atom. The van der Waals surface area contributed by atoms with Gasteiger partial charge in [0.1, 0.15) is 0 Å². The highest BCUT2D eigenvalue weighted by atomic mass is 15.2. The number of unbranched alkanes of at least 4 members (excludes halogenated alkanes) is 4. The van der Waals surface area contributed by atoms with Crippen molar-refractivity contribution in [2.24, 2.45) is 10.7 Å². The smallest absolute Gasteiger partial charge is 0.0990 e. The summed E-state index contributed by atoms with van der Waals surface area (Å²) in [5.74, 6) is 1.29. The van der Waals surface area contributed by atoms with Gasteiger partial charge >= 0.3 is 0 Å². The first-order valence-corrected chi connectivity index (χ1v) is 6.47. The molecule has 3 heteroatoms. The summed E-state index contributed by atoms with van der Waals surface area (Å²) in [6.45, 7) is 7.47. The Labute approximate surface area is 99.4 Å². The van der Waals surface area contributed by atoms with Gasteiger partial charge in [-0.25, -0.2) is 0 Å². The summed E-state index contributed by atoms with van der Waals surface area (Å²) in [5, 5.41) is 0. The normalized spacial score (nSPS) is 15.3. The van der Waals surface area contributed by atoms with Crippen molar-refractivity contribution < 1.29 is 0 Å². The van der Waals surface area contributed by atoms with E-state index in [9.17, 15) is 0 Å². The van der Waals surface area contributed by atoms with Gasteiger partial charge in [-0.2, -0.15) is 0 Å². The molecule has 0 aliphatic carbocycles. The fourth-order valence-corrected chi connectivity index (χ4v) is 2.09. The summed E-state index contributed by atoms with van der Waals surface area (Å²) in [5.41, 5.74) is 5.57. The van der Waals surface area contributed by atoms with Crippen LogP contribution in [0.2, 0.25) is 0 Å². The van der Waals surface area contributed by atoms with Crippen LogP contribution in [0.3, 0.4) is 0 Å². The van der Waals surface area contributed by atoms with Crippen LogP contribution in [-0.4, -0.2) is 36.9 Å². The molecule has 0 spiro atoms. The van der Waals surface area contributed by atoms with Crippen LogP contribution < -0.4 is 5.73 Å². The Bertz CT molecular complexity index is 223. The van der Waals surface area contributed by atoms with E-state index in [2.05, 4.69) is 16.5 Å². The second-order valence-corrected chi connectivity index (χ2v) is 4.32. The fraction of sp³-hybridized carbons (Fsp3) is 0.769. The molecule has 0 saturated carbocycles. The third kappa shape index (κ3) is 4.79. The van der Waals surface area contributed by atoms with Gasteiger partial charge in [0.15, 0.2) is 0 Å². The Kier molecular flexibility index (Phi) is 6.90. The van der Waals surface area contributed by atoms with Gasteiger partial charge in [0.05, 0.1) is 12.4 Å². The first-order valence-electron chi connectivity index (χ1n) is 6.47. The fourth-order valence-electron chi connectivity index (χ4n) is 2.09. The number of rotatable bonds is 9. The van der Waals surface area contributed by atoms with Crippen molar-refractivity contribution in [3.8, 4) is 0 Å². The highest BCUT2D eigenvalue weighted by Crippen LogP contribution is 2.11. The summed E-state index contributed by atoms with van der Waals surface area (Å²) < 4.78 is 0. The van der Waals surface area contributed by atoms with Gasteiger partial charge in [0.2, 0.25) is 0 Å². The van der Waals surface area contributed by atoms with Crippen molar-refractivity contribution in [1.29, 1.82) is 0 Å². The summed E-state index contributed by atoms with van der Waals surface area (Å²) in [7, 11) is 0. The minimum atomic E-state index is 0.734. The Morgan fingerprint density at radius 1 is 1.31 bits per heavy atom. The zero-order valence-corrected chi connectivity index (χ0v) is 10.3. The molecule has 0 bridgehead atoms. The second kappa shape index (κ2) is 8.34. The molecule has 16 heavy (non-hydrogen) atoms. The van der Waals surface area contributed by atoms with Crippen LogP contribution in [0.5, 0.6) is 0 Å². The van der Waals surface area contributed by atoms with Crippen molar-refractivity contribution in [2.75, 3.05) is 26.2 Å². The molecule has 0 unspecified atom stereocenters. The van der Waals surface area contributed by atoms with Crippen LogP contribution in [0.4, 0.5) is 0 Å². The summed E-state index contributed by atoms with van der Waals surface area (Å²) in [6.07, 6.45) is 9.46. The molecule has 1 aliphatic rings. The molecule has 92 valence electrons. The van der Waals surface area contributed by atoms with E-state index in [1.54, 1.807) is 0 Å². The highest BCUT2D eigenvalue weighted by molar-refractivity contribution is 5.83. The summed E-state index contributed by atoms with van der Waals surface area (Å²) in [4.78, 5) is 6.88. The standard InChI is InChI=1S/C13H25N3/c1-2-3-4-5-6-7-8-13-15-10-12-16(13)11-9-14/h2H,1,3-12,14H2. The third-order valence-electron chi connectivity index (χ3n) is 2.99. The molecule has 0 fully saturated rings. The van der Waals surface area contributed by atoms with Crippen molar-refractivity contribution in [1.82, 2.24) is 4.90 Å². The first kappa shape index (κ1) is 13.2. The average molecular weight is 223 g/mol. The van der Waals surface area contributed by atoms with Crippen LogP contribution in [0.25, 0.3) is 0 Å². The van der Waals surface area contributed by atoms with E-state index in [-0.39, 0.29) is 0 Å². The third-order valence-corrected chi connectivity index (χ3v) is 2.99. The monoisotopic (exact) mass is 223 g/mol. The lowest BCUT2D eigenvalue weighted by Crippen LogP contribution is -2.32.